The minimum atomic E-state index is -1.77. The SMILES string of the molecule is CCCCCC(=O)O[C@@H]1C=C(CO)[C@](O)(CO)[C@@]2(C)[C@H]1C(C)(C)CC[C@@H]2O. The number of aliphatic hydroxyl groups excluding tert-OH is 3. The average molecular weight is 385 g/mol. The Bertz CT molecular complexity index is 571. The molecule has 0 bridgehead atoms. The normalized spacial score (nSPS) is 38.1. The van der Waals surface area contributed by atoms with Gasteiger partial charge in [-0.2, -0.15) is 0 Å². The zero-order valence-corrected chi connectivity index (χ0v) is 17.1. The summed E-state index contributed by atoms with van der Waals surface area (Å²) >= 11 is 0. The van der Waals surface area contributed by atoms with Crippen LogP contribution in [0.4, 0.5) is 0 Å². The second kappa shape index (κ2) is 8.19. The number of unbranched alkanes of at least 4 members (excludes halogenated alkanes) is 2. The van der Waals surface area contributed by atoms with Gasteiger partial charge in [-0.1, -0.05) is 40.5 Å². The second-order valence-corrected chi connectivity index (χ2v) is 9.08. The van der Waals surface area contributed by atoms with Crippen LogP contribution in [0.5, 0.6) is 0 Å². The van der Waals surface area contributed by atoms with Crippen molar-refractivity contribution < 1.29 is 30.0 Å². The third kappa shape index (κ3) is 3.69. The summed E-state index contributed by atoms with van der Waals surface area (Å²) in [5.41, 5.74) is -3.05. The molecule has 6 heteroatoms. The minimum absolute atomic E-state index is 0.201. The van der Waals surface area contributed by atoms with Crippen LogP contribution in [0.25, 0.3) is 0 Å². The zero-order valence-electron chi connectivity index (χ0n) is 17.1. The molecule has 27 heavy (non-hydrogen) atoms. The number of esters is 1. The Hall–Kier alpha value is -0.950. The lowest BCUT2D eigenvalue weighted by Gasteiger charge is -2.63. The predicted octanol–water partition coefficient (Wildman–Crippen LogP) is 1.94. The Labute approximate surface area is 162 Å². The van der Waals surface area contributed by atoms with Crippen LogP contribution in [-0.2, 0) is 9.53 Å². The molecule has 0 aromatic rings. The highest BCUT2D eigenvalue weighted by Gasteiger charge is 2.66. The molecule has 0 spiro atoms. The molecule has 2 aliphatic carbocycles. The smallest absolute Gasteiger partial charge is 0.306 e. The van der Waals surface area contributed by atoms with Gasteiger partial charge in [0, 0.05) is 17.8 Å². The number of carbonyl (C=O) groups is 1. The zero-order chi connectivity index (χ0) is 20.5. The van der Waals surface area contributed by atoms with Crippen LogP contribution in [0.3, 0.4) is 0 Å². The fourth-order valence-electron chi connectivity index (χ4n) is 5.37. The number of carbonyl (C=O) groups excluding carboxylic acids is 1. The summed E-state index contributed by atoms with van der Waals surface area (Å²) < 4.78 is 5.80. The van der Waals surface area contributed by atoms with Gasteiger partial charge in [0.2, 0.25) is 0 Å². The lowest BCUT2D eigenvalue weighted by atomic mass is 9.45. The first-order valence-electron chi connectivity index (χ1n) is 10.1. The van der Waals surface area contributed by atoms with E-state index in [9.17, 15) is 25.2 Å². The van der Waals surface area contributed by atoms with Gasteiger partial charge in [-0.15, -0.1) is 0 Å². The van der Waals surface area contributed by atoms with Gasteiger partial charge in [-0.05, 0) is 36.3 Å². The lowest BCUT2D eigenvalue weighted by Crippen LogP contribution is -2.70. The summed E-state index contributed by atoms with van der Waals surface area (Å²) in [5, 5.41) is 42.1. The van der Waals surface area contributed by atoms with Crippen molar-refractivity contribution in [2.24, 2.45) is 16.7 Å². The molecule has 2 aliphatic rings. The van der Waals surface area contributed by atoms with E-state index >= 15 is 0 Å². The van der Waals surface area contributed by atoms with Gasteiger partial charge >= 0.3 is 5.97 Å². The molecule has 6 nitrogen and oxygen atoms in total. The van der Waals surface area contributed by atoms with Crippen molar-refractivity contribution in [3.63, 3.8) is 0 Å². The van der Waals surface area contributed by atoms with E-state index < -0.39 is 42.4 Å². The van der Waals surface area contributed by atoms with Crippen LogP contribution in [0.15, 0.2) is 11.6 Å². The molecule has 0 amide bonds. The van der Waals surface area contributed by atoms with Crippen molar-refractivity contribution >= 4 is 5.97 Å². The molecule has 0 aliphatic heterocycles. The van der Waals surface area contributed by atoms with Crippen LogP contribution in [0, 0.1) is 16.7 Å². The lowest BCUT2D eigenvalue weighted by molar-refractivity contribution is -0.237. The quantitative estimate of drug-likeness (QED) is 0.304. The molecule has 0 heterocycles. The maximum Gasteiger partial charge on any atom is 0.306 e. The Morgan fingerprint density at radius 3 is 2.48 bits per heavy atom. The number of ether oxygens (including phenoxy) is 1. The van der Waals surface area contributed by atoms with Crippen LogP contribution >= 0.6 is 0 Å². The van der Waals surface area contributed by atoms with Gasteiger partial charge in [0.25, 0.3) is 0 Å². The number of hydrogen-bond donors (Lipinski definition) is 4. The van der Waals surface area contributed by atoms with Crippen molar-refractivity contribution in [2.75, 3.05) is 13.2 Å². The Morgan fingerprint density at radius 1 is 1.26 bits per heavy atom. The van der Waals surface area contributed by atoms with Crippen molar-refractivity contribution in [3.8, 4) is 0 Å². The predicted molar refractivity (Wildman–Crippen MR) is 102 cm³/mol. The summed E-state index contributed by atoms with van der Waals surface area (Å²) in [6.45, 7) is 6.79. The monoisotopic (exact) mass is 384 g/mol. The molecule has 0 unspecified atom stereocenters. The number of fused-ring (bicyclic) bond motifs is 1. The average Bonchev–Trinajstić information content (AvgIpc) is 2.61. The van der Waals surface area contributed by atoms with E-state index in [0.717, 1.165) is 19.3 Å². The van der Waals surface area contributed by atoms with Crippen LogP contribution in [0.2, 0.25) is 0 Å². The fourth-order valence-corrected chi connectivity index (χ4v) is 5.37. The summed E-state index contributed by atoms with van der Waals surface area (Å²) in [7, 11) is 0. The van der Waals surface area contributed by atoms with Crippen LogP contribution < -0.4 is 0 Å². The molecule has 0 aromatic carbocycles. The molecule has 1 fully saturated rings. The van der Waals surface area contributed by atoms with E-state index in [1.807, 2.05) is 13.8 Å². The Morgan fingerprint density at radius 2 is 1.93 bits per heavy atom. The summed E-state index contributed by atoms with van der Waals surface area (Å²) in [5.74, 6) is -0.703. The highest BCUT2D eigenvalue weighted by molar-refractivity contribution is 5.69. The van der Waals surface area contributed by atoms with Gasteiger partial charge in [0.1, 0.15) is 11.7 Å². The Kier molecular flexibility index (Phi) is 6.78. The first-order valence-corrected chi connectivity index (χ1v) is 10.1. The molecule has 2 rings (SSSR count). The molecular formula is C21H36O6. The van der Waals surface area contributed by atoms with E-state index in [0.29, 0.717) is 19.3 Å². The van der Waals surface area contributed by atoms with E-state index in [2.05, 4.69) is 6.92 Å². The van der Waals surface area contributed by atoms with E-state index in [1.54, 1.807) is 13.0 Å². The van der Waals surface area contributed by atoms with Crippen molar-refractivity contribution in [1.82, 2.24) is 0 Å². The molecule has 1 saturated carbocycles. The third-order valence-corrected chi connectivity index (χ3v) is 7.01. The highest BCUT2D eigenvalue weighted by Crippen LogP contribution is 2.61. The second-order valence-electron chi connectivity index (χ2n) is 9.08. The molecule has 156 valence electrons. The van der Waals surface area contributed by atoms with Gasteiger partial charge in [0.05, 0.1) is 19.3 Å². The summed E-state index contributed by atoms with van der Waals surface area (Å²) in [4.78, 5) is 12.4. The first-order chi connectivity index (χ1) is 12.6. The largest absolute Gasteiger partial charge is 0.458 e. The summed E-state index contributed by atoms with van der Waals surface area (Å²) in [6, 6.07) is 0. The molecule has 5 atom stereocenters. The minimum Gasteiger partial charge on any atom is -0.458 e. The molecular weight excluding hydrogens is 348 g/mol. The number of rotatable bonds is 7. The standard InChI is InChI=1S/C21H36O6/c1-5-6-7-8-17(25)27-15-11-14(12-22)21(26,13-23)20(4)16(24)9-10-19(2,3)18(15)20/h11,15-16,18,22-24,26H,5-10,12-13H2,1-4H3/t15-,16+,18-,20-,21-/m1/s1. The molecule has 0 saturated heterocycles. The maximum absolute atomic E-state index is 12.4. The van der Waals surface area contributed by atoms with E-state index in [1.165, 1.54) is 0 Å². The van der Waals surface area contributed by atoms with Gasteiger partial charge in [-0.25, -0.2) is 0 Å². The molecule has 4 N–H and O–H groups in total. The van der Waals surface area contributed by atoms with E-state index in [-0.39, 0.29) is 17.0 Å². The van der Waals surface area contributed by atoms with Gasteiger partial charge < -0.3 is 25.2 Å². The number of aliphatic hydroxyl groups is 4. The fraction of sp³-hybridized carbons (Fsp3) is 0.857. The summed E-state index contributed by atoms with van der Waals surface area (Å²) in [6.07, 6.45) is 4.26. The molecule has 0 aromatic heterocycles. The van der Waals surface area contributed by atoms with Crippen molar-refractivity contribution in [1.29, 1.82) is 0 Å². The van der Waals surface area contributed by atoms with E-state index in [4.69, 9.17) is 4.74 Å². The van der Waals surface area contributed by atoms with Crippen LogP contribution in [-0.4, -0.2) is 57.4 Å². The van der Waals surface area contributed by atoms with Crippen molar-refractivity contribution in [3.05, 3.63) is 11.6 Å². The third-order valence-electron chi connectivity index (χ3n) is 7.01. The number of hydrogen-bond acceptors (Lipinski definition) is 6. The van der Waals surface area contributed by atoms with Gasteiger partial charge in [0.15, 0.2) is 0 Å². The Balaban J connectivity index is 2.46. The highest BCUT2D eigenvalue weighted by atomic mass is 16.5. The molecule has 0 radical (unpaired) electrons. The first kappa shape index (κ1) is 22.3. The van der Waals surface area contributed by atoms with Crippen LogP contribution in [0.1, 0.15) is 66.2 Å². The van der Waals surface area contributed by atoms with Gasteiger partial charge in [-0.3, -0.25) is 4.79 Å². The topological polar surface area (TPSA) is 107 Å². The van der Waals surface area contributed by atoms with Crippen molar-refractivity contribution in [2.45, 2.75) is 84.0 Å². The maximum atomic E-state index is 12.4.